The fraction of sp³-hybridized carbons (Fsp3) is 0.529. The Morgan fingerprint density at radius 1 is 1.27 bits per heavy atom. The van der Waals surface area contributed by atoms with Crippen LogP contribution in [0.25, 0.3) is 0 Å². The molecule has 0 saturated heterocycles. The van der Waals surface area contributed by atoms with E-state index in [9.17, 15) is 9.59 Å². The molecule has 0 aliphatic carbocycles. The average Bonchev–Trinajstić information content (AvgIpc) is 2.43. The molecule has 122 valence electrons. The van der Waals surface area contributed by atoms with Crippen molar-refractivity contribution in [2.45, 2.75) is 59.2 Å². The van der Waals surface area contributed by atoms with Crippen molar-refractivity contribution in [2.75, 3.05) is 0 Å². The molecule has 1 unspecified atom stereocenters. The first-order valence-corrected chi connectivity index (χ1v) is 8.48. The first-order chi connectivity index (χ1) is 10.3. The SMILES string of the molecule is CCCC(=O)N(Cc1cccc(Br)c1)C(C)C(=O)NC(C)C. The number of hydrogen-bond acceptors (Lipinski definition) is 2. The molecular weight excluding hydrogens is 344 g/mol. The molecule has 0 aliphatic rings. The van der Waals surface area contributed by atoms with Crippen molar-refractivity contribution in [3.8, 4) is 0 Å². The van der Waals surface area contributed by atoms with Crippen molar-refractivity contribution in [1.82, 2.24) is 10.2 Å². The highest BCUT2D eigenvalue weighted by Gasteiger charge is 2.25. The molecule has 4 nitrogen and oxygen atoms in total. The summed E-state index contributed by atoms with van der Waals surface area (Å²) >= 11 is 3.44. The van der Waals surface area contributed by atoms with Crippen LogP contribution in [0.3, 0.4) is 0 Å². The molecule has 1 aromatic carbocycles. The van der Waals surface area contributed by atoms with E-state index in [1.165, 1.54) is 0 Å². The summed E-state index contributed by atoms with van der Waals surface area (Å²) in [6, 6.07) is 7.38. The molecule has 5 heteroatoms. The summed E-state index contributed by atoms with van der Waals surface area (Å²) in [4.78, 5) is 26.3. The number of amides is 2. The maximum absolute atomic E-state index is 12.4. The van der Waals surface area contributed by atoms with E-state index in [2.05, 4.69) is 21.2 Å². The summed E-state index contributed by atoms with van der Waals surface area (Å²) in [6.45, 7) is 8.01. The molecular formula is C17H25BrN2O2. The van der Waals surface area contributed by atoms with Gasteiger partial charge in [-0.25, -0.2) is 0 Å². The van der Waals surface area contributed by atoms with Gasteiger partial charge in [-0.2, -0.15) is 0 Å². The van der Waals surface area contributed by atoms with Crippen LogP contribution in [0.15, 0.2) is 28.7 Å². The lowest BCUT2D eigenvalue weighted by Crippen LogP contribution is -2.49. The van der Waals surface area contributed by atoms with Gasteiger partial charge >= 0.3 is 0 Å². The second kappa shape index (κ2) is 8.93. The van der Waals surface area contributed by atoms with Crippen LogP contribution in [-0.2, 0) is 16.1 Å². The second-order valence-corrected chi connectivity index (χ2v) is 6.66. The van der Waals surface area contributed by atoms with Crippen molar-refractivity contribution in [3.05, 3.63) is 34.3 Å². The molecule has 1 N–H and O–H groups in total. The smallest absolute Gasteiger partial charge is 0.242 e. The quantitative estimate of drug-likeness (QED) is 0.800. The van der Waals surface area contributed by atoms with E-state index in [-0.39, 0.29) is 17.9 Å². The minimum absolute atomic E-state index is 0.00822. The third-order valence-electron chi connectivity index (χ3n) is 3.30. The van der Waals surface area contributed by atoms with Crippen LogP contribution in [0, 0.1) is 0 Å². The van der Waals surface area contributed by atoms with Crippen LogP contribution in [0.1, 0.15) is 46.1 Å². The molecule has 0 spiro atoms. The summed E-state index contributed by atoms with van der Waals surface area (Å²) in [6.07, 6.45) is 1.22. The van der Waals surface area contributed by atoms with Crippen molar-refractivity contribution in [3.63, 3.8) is 0 Å². The van der Waals surface area contributed by atoms with E-state index in [1.54, 1.807) is 11.8 Å². The lowest BCUT2D eigenvalue weighted by molar-refractivity contribution is -0.140. The third-order valence-corrected chi connectivity index (χ3v) is 3.80. The van der Waals surface area contributed by atoms with Crippen LogP contribution < -0.4 is 5.32 Å². The number of hydrogen-bond donors (Lipinski definition) is 1. The van der Waals surface area contributed by atoms with E-state index in [4.69, 9.17) is 0 Å². The summed E-state index contributed by atoms with van der Waals surface area (Å²) in [5.74, 6) is -0.108. The van der Waals surface area contributed by atoms with Gasteiger partial charge in [0.2, 0.25) is 11.8 Å². The molecule has 0 heterocycles. The van der Waals surface area contributed by atoms with Crippen LogP contribution in [0.2, 0.25) is 0 Å². The Balaban J connectivity index is 2.92. The number of halogens is 1. The normalized spacial score (nSPS) is 12.1. The highest BCUT2D eigenvalue weighted by molar-refractivity contribution is 9.10. The van der Waals surface area contributed by atoms with Crippen molar-refractivity contribution in [1.29, 1.82) is 0 Å². The van der Waals surface area contributed by atoms with Gasteiger partial charge in [-0.15, -0.1) is 0 Å². The number of benzene rings is 1. The van der Waals surface area contributed by atoms with Crippen LogP contribution in [0.4, 0.5) is 0 Å². The van der Waals surface area contributed by atoms with Crippen molar-refractivity contribution in [2.24, 2.45) is 0 Å². The van der Waals surface area contributed by atoms with E-state index < -0.39 is 6.04 Å². The van der Waals surface area contributed by atoms with Crippen LogP contribution >= 0.6 is 15.9 Å². The minimum atomic E-state index is -0.486. The van der Waals surface area contributed by atoms with Crippen molar-refractivity contribution < 1.29 is 9.59 Å². The van der Waals surface area contributed by atoms with Gasteiger partial charge in [-0.1, -0.05) is 35.0 Å². The Kier molecular flexibility index (Phi) is 7.59. The maximum Gasteiger partial charge on any atom is 0.242 e. The zero-order valence-corrected chi connectivity index (χ0v) is 15.3. The number of carbonyl (C=O) groups excluding carboxylic acids is 2. The van der Waals surface area contributed by atoms with Crippen LogP contribution in [0.5, 0.6) is 0 Å². The monoisotopic (exact) mass is 368 g/mol. The molecule has 0 aliphatic heterocycles. The lowest BCUT2D eigenvalue weighted by Gasteiger charge is -2.29. The predicted octanol–water partition coefficient (Wildman–Crippen LogP) is 3.49. The van der Waals surface area contributed by atoms with Crippen LogP contribution in [-0.4, -0.2) is 28.8 Å². The number of nitrogens with zero attached hydrogens (tertiary/aromatic N) is 1. The Hall–Kier alpha value is -1.36. The molecule has 1 rings (SSSR count). The van der Waals surface area contributed by atoms with E-state index >= 15 is 0 Å². The lowest BCUT2D eigenvalue weighted by atomic mass is 10.1. The van der Waals surface area contributed by atoms with Crippen molar-refractivity contribution >= 4 is 27.7 Å². The zero-order chi connectivity index (χ0) is 16.7. The van der Waals surface area contributed by atoms with Gasteiger partial charge in [0.1, 0.15) is 6.04 Å². The summed E-state index contributed by atoms with van der Waals surface area (Å²) in [7, 11) is 0. The fourth-order valence-electron chi connectivity index (χ4n) is 2.18. The number of rotatable bonds is 7. The minimum Gasteiger partial charge on any atom is -0.352 e. The largest absolute Gasteiger partial charge is 0.352 e. The first kappa shape index (κ1) is 18.7. The zero-order valence-electron chi connectivity index (χ0n) is 13.7. The van der Waals surface area contributed by atoms with Gasteiger partial charge in [-0.05, 0) is 44.9 Å². The van der Waals surface area contributed by atoms with Gasteiger partial charge in [0, 0.05) is 23.5 Å². The fourth-order valence-corrected chi connectivity index (χ4v) is 2.62. The number of nitrogens with one attached hydrogen (secondary N) is 1. The second-order valence-electron chi connectivity index (χ2n) is 5.74. The van der Waals surface area contributed by atoms with E-state index in [0.717, 1.165) is 16.5 Å². The molecule has 0 radical (unpaired) electrons. The van der Waals surface area contributed by atoms with Gasteiger partial charge in [-0.3, -0.25) is 9.59 Å². The molecule has 22 heavy (non-hydrogen) atoms. The Morgan fingerprint density at radius 3 is 2.50 bits per heavy atom. The Morgan fingerprint density at radius 2 is 1.95 bits per heavy atom. The first-order valence-electron chi connectivity index (χ1n) is 7.69. The molecule has 0 bridgehead atoms. The van der Waals surface area contributed by atoms with E-state index in [1.807, 2.05) is 45.0 Å². The summed E-state index contributed by atoms with van der Waals surface area (Å²) in [5.41, 5.74) is 1.00. The molecule has 0 saturated carbocycles. The standard InChI is InChI=1S/C17H25BrN2O2/c1-5-7-16(21)20(13(4)17(22)19-12(2)3)11-14-8-6-9-15(18)10-14/h6,8-10,12-13H,5,7,11H2,1-4H3,(H,19,22). The topological polar surface area (TPSA) is 49.4 Å². The van der Waals surface area contributed by atoms with Gasteiger partial charge < -0.3 is 10.2 Å². The predicted molar refractivity (Wildman–Crippen MR) is 92.3 cm³/mol. The average molecular weight is 369 g/mol. The van der Waals surface area contributed by atoms with Gasteiger partial charge in [0.25, 0.3) is 0 Å². The maximum atomic E-state index is 12.4. The number of carbonyl (C=O) groups is 2. The molecule has 1 atom stereocenters. The van der Waals surface area contributed by atoms with Gasteiger partial charge in [0.05, 0.1) is 0 Å². The summed E-state index contributed by atoms with van der Waals surface area (Å²) in [5, 5.41) is 2.88. The molecule has 2 amide bonds. The third kappa shape index (κ3) is 5.79. The molecule has 0 aromatic heterocycles. The van der Waals surface area contributed by atoms with E-state index in [0.29, 0.717) is 13.0 Å². The van der Waals surface area contributed by atoms with Gasteiger partial charge in [0.15, 0.2) is 0 Å². The molecule has 1 aromatic rings. The highest BCUT2D eigenvalue weighted by Crippen LogP contribution is 2.16. The Bertz CT molecular complexity index is 517. The Labute approximate surface area is 141 Å². The summed E-state index contributed by atoms with van der Waals surface area (Å²) < 4.78 is 0.965. The highest BCUT2D eigenvalue weighted by atomic mass is 79.9. The molecule has 0 fully saturated rings.